The number of nitrogens with one attached hydrogen (secondary N) is 1. The summed E-state index contributed by atoms with van der Waals surface area (Å²) in [4.78, 5) is 25.7. The number of hydrogen-bond donors (Lipinski definition) is 3. The third-order valence-electron chi connectivity index (χ3n) is 4.78. The Labute approximate surface area is 134 Å². The number of carboxylic acid groups (broad SMARTS) is 1. The van der Waals surface area contributed by atoms with Gasteiger partial charge >= 0.3 is 5.97 Å². The molecule has 0 radical (unpaired) electrons. The Morgan fingerprint density at radius 2 is 2.30 bits per heavy atom. The largest absolute Gasteiger partial charge is 0.481 e. The van der Waals surface area contributed by atoms with Crippen molar-refractivity contribution in [2.24, 2.45) is 5.41 Å². The van der Waals surface area contributed by atoms with Crippen LogP contribution in [0.4, 0.5) is 5.82 Å². The Kier molecular flexibility index (Phi) is 3.97. The maximum atomic E-state index is 11.7. The van der Waals surface area contributed by atoms with Crippen LogP contribution in [0.25, 0.3) is 11.0 Å². The Morgan fingerprint density at radius 1 is 1.52 bits per heavy atom. The molecule has 3 N–H and O–H groups in total. The molecule has 0 aliphatic carbocycles. The molecule has 2 aromatic rings. The molecule has 2 atom stereocenters. The monoisotopic (exact) mass is 318 g/mol. The number of carboxylic acids is 1. The zero-order valence-corrected chi connectivity index (χ0v) is 13.4. The fourth-order valence-corrected chi connectivity index (χ4v) is 3.53. The van der Waals surface area contributed by atoms with Crippen LogP contribution in [0.3, 0.4) is 0 Å². The van der Waals surface area contributed by atoms with Gasteiger partial charge < -0.3 is 20.1 Å². The van der Waals surface area contributed by atoms with Crippen molar-refractivity contribution < 1.29 is 15.0 Å². The van der Waals surface area contributed by atoms with E-state index in [0.29, 0.717) is 25.2 Å². The van der Waals surface area contributed by atoms with Crippen molar-refractivity contribution in [3.63, 3.8) is 0 Å². The number of carbonyl (C=O) groups is 1. The van der Waals surface area contributed by atoms with Gasteiger partial charge in [0.25, 0.3) is 0 Å². The zero-order valence-electron chi connectivity index (χ0n) is 13.4. The van der Waals surface area contributed by atoms with Gasteiger partial charge in [-0.15, -0.1) is 0 Å². The number of aliphatic carboxylic acids is 1. The van der Waals surface area contributed by atoms with E-state index in [1.54, 1.807) is 6.20 Å². The molecule has 0 unspecified atom stereocenters. The molecular weight excluding hydrogens is 296 g/mol. The highest BCUT2D eigenvalue weighted by Crippen LogP contribution is 2.38. The predicted octanol–water partition coefficient (Wildman–Crippen LogP) is 1.71. The van der Waals surface area contributed by atoms with Crippen molar-refractivity contribution in [3.05, 3.63) is 18.1 Å². The smallest absolute Gasteiger partial charge is 0.312 e. The van der Waals surface area contributed by atoms with Crippen LogP contribution in [0.15, 0.2) is 12.3 Å². The lowest BCUT2D eigenvalue weighted by atomic mass is 9.73. The average molecular weight is 318 g/mol. The maximum Gasteiger partial charge on any atom is 0.312 e. The molecule has 3 heterocycles. The molecule has 1 aliphatic rings. The molecule has 3 rings (SSSR count). The molecule has 0 bridgehead atoms. The molecule has 7 nitrogen and oxygen atoms in total. The Bertz CT molecular complexity index is 729. The van der Waals surface area contributed by atoms with Crippen LogP contribution in [0.2, 0.25) is 0 Å². The van der Waals surface area contributed by atoms with Crippen molar-refractivity contribution in [1.29, 1.82) is 0 Å². The van der Waals surface area contributed by atoms with Crippen LogP contribution < -0.4 is 4.90 Å². The third-order valence-corrected chi connectivity index (χ3v) is 4.78. The number of anilines is 1. The number of fused-ring (bicyclic) bond motifs is 1. The summed E-state index contributed by atoms with van der Waals surface area (Å²) >= 11 is 0. The Hall–Kier alpha value is -2.15. The zero-order chi connectivity index (χ0) is 16.6. The maximum absolute atomic E-state index is 11.7. The van der Waals surface area contributed by atoms with Gasteiger partial charge in [-0.25, -0.2) is 9.97 Å². The summed E-state index contributed by atoms with van der Waals surface area (Å²) in [6.45, 7) is 4.58. The van der Waals surface area contributed by atoms with Crippen LogP contribution in [0, 0.1) is 12.3 Å². The lowest BCUT2D eigenvalue weighted by molar-refractivity contribution is -0.159. The van der Waals surface area contributed by atoms with Crippen molar-refractivity contribution in [3.8, 4) is 0 Å². The topological polar surface area (TPSA) is 102 Å². The highest BCUT2D eigenvalue weighted by molar-refractivity contribution is 5.86. The lowest BCUT2D eigenvalue weighted by Crippen LogP contribution is -2.55. The second-order valence-electron chi connectivity index (χ2n) is 6.26. The summed E-state index contributed by atoms with van der Waals surface area (Å²) in [5.41, 5.74) is 0.592. The van der Waals surface area contributed by atoms with Crippen LogP contribution >= 0.6 is 0 Å². The SMILES string of the molecule is CCC[C@]1(C(=O)O)CCN(c2nc(C)nc3cc[nH]c23)C[C@H]1O. The number of aromatic nitrogens is 3. The first-order chi connectivity index (χ1) is 11.0. The predicted molar refractivity (Wildman–Crippen MR) is 86.4 cm³/mol. The van der Waals surface area contributed by atoms with Gasteiger partial charge in [0.2, 0.25) is 0 Å². The van der Waals surface area contributed by atoms with E-state index < -0.39 is 17.5 Å². The molecule has 7 heteroatoms. The van der Waals surface area contributed by atoms with E-state index in [9.17, 15) is 15.0 Å². The van der Waals surface area contributed by atoms with Crippen LogP contribution in [0.1, 0.15) is 32.0 Å². The third kappa shape index (κ3) is 2.55. The van der Waals surface area contributed by atoms with Gasteiger partial charge in [-0.3, -0.25) is 4.79 Å². The highest BCUT2D eigenvalue weighted by atomic mass is 16.4. The number of aliphatic hydroxyl groups is 1. The van der Waals surface area contributed by atoms with E-state index in [-0.39, 0.29) is 6.54 Å². The average Bonchev–Trinajstić information content (AvgIpc) is 2.96. The standard InChI is InChI=1S/C16H22N4O3/c1-3-5-16(15(22)23)6-8-20(9-12(16)21)14-13-11(4-7-17-13)18-10(2)19-14/h4,7,12,17,21H,3,5-6,8-9H2,1-2H3,(H,22,23)/t12-,16+/m1/s1. The molecule has 0 spiro atoms. The van der Waals surface area contributed by atoms with Crippen LogP contribution in [-0.4, -0.2) is 50.3 Å². The summed E-state index contributed by atoms with van der Waals surface area (Å²) in [6.07, 6.45) is 2.51. The second kappa shape index (κ2) is 5.81. The van der Waals surface area contributed by atoms with Crippen LogP contribution in [0.5, 0.6) is 0 Å². The van der Waals surface area contributed by atoms with Crippen molar-refractivity contribution in [1.82, 2.24) is 15.0 Å². The lowest BCUT2D eigenvalue weighted by Gasteiger charge is -2.43. The number of β-amino-alcohol motifs (C(OH)–C–C–N with tert-alkyl or cyclic N) is 1. The van der Waals surface area contributed by atoms with Gasteiger partial charge in [0.1, 0.15) is 11.3 Å². The van der Waals surface area contributed by atoms with E-state index in [0.717, 1.165) is 23.3 Å². The highest BCUT2D eigenvalue weighted by Gasteiger charge is 2.48. The van der Waals surface area contributed by atoms with Gasteiger partial charge in [-0.1, -0.05) is 13.3 Å². The molecule has 1 saturated heterocycles. The van der Waals surface area contributed by atoms with Gasteiger partial charge in [0.15, 0.2) is 5.82 Å². The first-order valence-electron chi connectivity index (χ1n) is 7.96. The van der Waals surface area contributed by atoms with Crippen molar-refractivity contribution >= 4 is 22.8 Å². The van der Waals surface area contributed by atoms with Crippen LogP contribution in [-0.2, 0) is 4.79 Å². The van der Waals surface area contributed by atoms with E-state index >= 15 is 0 Å². The number of aromatic amines is 1. The van der Waals surface area contributed by atoms with Gasteiger partial charge in [0, 0.05) is 19.3 Å². The van der Waals surface area contributed by atoms with Gasteiger partial charge in [0.05, 0.1) is 17.0 Å². The number of nitrogens with zero attached hydrogens (tertiary/aromatic N) is 3. The number of rotatable bonds is 4. The van der Waals surface area contributed by atoms with E-state index in [1.807, 2.05) is 24.8 Å². The summed E-state index contributed by atoms with van der Waals surface area (Å²) in [7, 11) is 0. The Morgan fingerprint density at radius 3 is 2.96 bits per heavy atom. The first kappa shape index (κ1) is 15.7. The molecular formula is C16H22N4O3. The first-order valence-corrected chi connectivity index (χ1v) is 7.96. The number of aliphatic hydroxyl groups excluding tert-OH is 1. The van der Waals surface area contributed by atoms with Crippen molar-refractivity contribution in [2.75, 3.05) is 18.0 Å². The summed E-state index contributed by atoms with van der Waals surface area (Å²) in [6, 6.07) is 1.88. The fraction of sp³-hybridized carbons (Fsp3) is 0.562. The fourth-order valence-electron chi connectivity index (χ4n) is 3.53. The molecule has 0 aromatic carbocycles. The number of aryl methyl sites for hydroxylation is 1. The quantitative estimate of drug-likeness (QED) is 0.793. The summed E-state index contributed by atoms with van der Waals surface area (Å²) in [5, 5.41) is 20.2. The van der Waals surface area contributed by atoms with Gasteiger partial charge in [-0.05, 0) is 25.8 Å². The minimum absolute atomic E-state index is 0.261. The van der Waals surface area contributed by atoms with E-state index in [1.165, 1.54) is 0 Å². The summed E-state index contributed by atoms with van der Waals surface area (Å²) < 4.78 is 0. The van der Waals surface area contributed by atoms with E-state index in [4.69, 9.17) is 0 Å². The molecule has 124 valence electrons. The Balaban J connectivity index is 1.92. The van der Waals surface area contributed by atoms with Crippen molar-refractivity contribution in [2.45, 2.75) is 39.2 Å². The minimum atomic E-state index is -1.05. The molecule has 1 aliphatic heterocycles. The number of piperidine rings is 1. The minimum Gasteiger partial charge on any atom is -0.481 e. The molecule has 0 amide bonds. The summed E-state index contributed by atoms with van der Waals surface area (Å²) in [5.74, 6) is 0.479. The number of hydrogen-bond acceptors (Lipinski definition) is 5. The van der Waals surface area contributed by atoms with Gasteiger partial charge in [-0.2, -0.15) is 0 Å². The molecule has 1 fully saturated rings. The molecule has 23 heavy (non-hydrogen) atoms. The van der Waals surface area contributed by atoms with E-state index in [2.05, 4.69) is 15.0 Å². The molecule has 0 saturated carbocycles. The normalized spacial score (nSPS) is 25.0. The molecule has 2 aromatic heterocycles. The number of H-pyrrole nitrogens is 1. The second-order valence-corrected chi connectivity index (χ2v) is 6.26.